The Morgan fingerprint density at radius 2 is 2.00 bits per heavy atom. The van der Waals surface area contributed by atoms with Crippen molar-refractivity contribution in [3.05, 3.63) is 0 Å². The molecule has 3 atom stereocenters. The molecule has 0 aliphatic rings. The first-order valence-electron chi connectivity index (χ1n) is 5.04. The molecule has 0 spiro atoms. The fraction of sp³-hybridized carbons (Fsp3) is 0.900. The first kappa shape index (κ1) is 13.4. The summed E-state index contributed by atoms with van der Waals surface area (Å²) < 4.78 is 4.93. The van der Waals surface area contributed by atoms with Gasteiger partial charge in [-0.2, -0.15) is 0 Å². The van der Waals surface area contributed by atoms with E-state index < -0.39 is 0 Å². The van der Waals surface area contributed by atoms with E-state index in [1.54, 1.807) is 7.11 Å². The predicted octanol–water partition coefficient (Wildman–Crippen LogP) is 0.511. The number of hydrogen-bond acceptors (Lipinski definition) is 3. The Morgan fingerprint density at radius 1 is 1.43 bits per heavy atom. The number of amides is 1. The van der Waals surface area contributed by atoms with Gasteiger partial charge >= 0.3 is 0 Å². The Labute approximate surface area is 86.2 Å². The van der Waals surface area contributed by atoms with Gasteiger partial charge in [-0.15, -0.1) is 0 Å². The van der Waals surface area contributed by atoms with Crippen LogP contribution < -0.4 is 11.1 Å². The number of hydrogen-bond donors (Lipinski definition) is 2. The molecule has 4 heteroatoms. The highest BCUT2D eigenvalue weighted by molar-refractivity contribution is 5.79. The lowest BCUT2D eigenvalue weighted by Gasteiger charge is -2.19. The number of carbonyl (C=O) groups is 1. The Hall–Kier alpha value is -0.610. The second-order valence-corrected chi connectivity index (χ2v) is 3.84. The molecule has 0 rings (SSSR count). The molecule has 0 saturated heterocycles. The zero-order valence-corrected chi connectivity index (χ0v) is 9.54. The highest BCUT2D eigenvalue weighted by Gasteiger charge is 2.18. The van der Waals surface area contributed by atoms with Gasteiger partial charge in [0, 0.05) is 31.7 Å². The van der Waals surface area contributed by atoms with E-state index in [1.165, 1.54) is 0 Å². The third kappa shape index (κ3) is 5.19. The standard InChI is InChI=1S/C10H22N2O2/c1-7(5-6-14-4)12-10(13)8(2)9(3)11/h7-9H,5-6,11H2,1-4H3,(H,12,13). The Morgan fingerprint density at radius 3 is 2.43 bits per heavy atom. The van der Waals surface area contributed by atoms with Crippen molar-refractivity contribution in [2.24, 2.45) is 11.7 Å². The van der Waals surface area contributed by atoms with Crippen molar-refractivity contribution >= 4 is 5.91 Å². The van der Waals surface area contributed by atoms with Crippen molar-refractivity contribution in [2.75, 3.05) is 13.7 Å². The van der Waals surface area contributed by atoms with Crippen LogP contribution in [0.2, 0.25) is 0 Å². The van der Waals surface area contributed by atoms with Crippen LogP contribution in [0.5, 0.6) is 0 Å². The summed E-state index contributed by atoms with van der Waals surface area (Å²) in [6, 6.07) is 0.0354. The average Bonchev–Trinajstić information content (AvgIpc) is 2.13. The molecule has 3 N–H and O–H groups in total. The number of nitrogens with one attached hydrogen (secondary N) is 1. The van der Waals surface area contributed by atoms with Crippen LogP contribution in [-0.2, 0) is 9.53 Å². The van der Waals surface area contributed by atoms with E-state index in [4.69, 9.17) is 10.5 Å². The maximum Gasteiger partial charge on any atom is 0.224 e. The normalized spacial score (nSPS) is 17.2. The van der Waals surface area contributed by atoms with Gasteiger partial charge in [0.2, 0.25) is 5.91 Å². The number of rotatable bonds is 6. The van der Waals surface area contributed by atoms with Gasteiger partial charge in [-0.1, -0.05) is 6.92 Å². The average molecular weight is 202 g/mol. The Bertz CT molecular complexity index is 172. The van der Waals surface area contributed by atoms with Gasteiger partial charge in [-0.25, -0.2) is 0 Å². The molecule has 0 aromatic heterocycles. The van der Waals surface area contributed by atoms with Crippen molar-refractivity contribution in [1.29, 1.82) is 0 Å². The minimum Gasteiger partial charge on any atom is -0.385 e. The van der Waals surface area contributed by atoms with Gasteiger partial charge < -0.3 is 15.8 Å². The van der Waals surface area contributed by atoms with Crippen molar-refractivity contribution in [3.63, 3.8) is 0 Å². The summed E-state index contributed by atoms with van der Waals surface area (Å²) in [7, 11) is 1.65. The zero-order valence-electron chi connectivity index (χ0n) is 9.54. The van der Waals surface area contributed by atoms with Crippen LogP contribution in [0.25, 0.3) is 0 Å². The molecule has 3 unspecified atom stereocenters. The van der Waals surface area contributed by atoms with Gasteiger partial charge in [0.15, 0.2) is 0 Å². The quantitative estimate of drug-likeness (QED) is 0.659. The number of methoxy groups -OCH3 is 1. The van der Waals surface area contributed by atoms with Crippen molar-refractivity contribution < 1.29 is 9.53 Å². The summed E-state index contributed by atoms with van der Waals surface area (Å²) >= 11 is 0. The number of nitrogens with two attached hydrogens (primary N) is 1. The molecule has 0 aliphatic heterocycles. The van der Waals surface area contributed by atoms with Gasteiger partial charge in [-0.05, 0) is 20.3 Å². The lowest BCUT2D eigenvalue weighted by atomic mass is 10.0. The molecule has 0 aliphatic carbocycles. The zero-order chi connectivity index (χ0) is 11.1. The minimum absolute atomic E-state index is 0.0172. The van der Waals surface area contributed by atoms with E-state index in [1.807, 2.05) is 20.8 Å². The second-order valence-electron chi connectivity index (χ2n) is 3.84. The SMILES string of the molecule is COCCC(C)NC(=O)C(C)C(C)N. The molecular formula is C10H22N2O2. The fourth-order valence-electron chi connectivity index (χ4n) is 0.980. The van der Waals surface area contributed by atoms with E-state index in [9.17, 15) is 4.79 Å². The van der Waals surface area contributed by atoms with Crippen molar-refractivity contribution in [2.45, 2.75) is 39.3 Å². The van der Waals surface area contributed by atoms with Gasteiger partial charge in [0.25, 0.3) is 0 Å². The molecular weight excluding hydrogens is 180 g/mol. The first-order valence-corrected chi connectivity index (χ1v) is 5.04. The maximum absolute atomic E-state index is 11.5. The van der Waals surface area contributed by atoms with E-state index in [-0.39, 0.29) is 23.9 Å². The highest BCUT2D eigenvalue weighted by atomic mass is 16.5. The monoisotopic (exact) mass is 202 g/mol. The van der Waals surface area contributed by atoms with E-state index in [2.05, 4.69) is 5.32 Å². The predicted molar refractivity (Wildman–Crippen MR) is 56.9 cm³/mol. The molecule has 0 saturated carbocycles. The summed E-state index contributed by atoms with van der Waals surface area (Å²) in [4.78, 5) is 11.5. The molecule has 1 amide bonds. The van der Waals surface area contributed by atoms with Crippen LogP contribution in [-0.4, -0.2) is 31.7 Å². The van der Waals surface area contributed by atoms with Crippen LogP contribution in [0.4, 0.5) is 0 Å². The molecule has 0 aromatic carbocycles. The lowest BCUT2D eigenvalue weighted by molar-refractivity contribution is -0.125. The number of ether oxygens (including phenoxy) is 1. The molecule has 0 aromatic rings. The van der Waals surface area contributed by atoms with Crippen LogP contribution in [0.15, 0.2) is 0 Å². The van der Waals surface area contributed by atoms with E-state index in [0.29, 0.717) is 6.61 Å². The van der Waals surface area contributed by atoms with E-state index >= 15 is 0 Å². The molecule has 0 bridgehead atoms. The van der Waals surface area contributed by atoms with Crippen LogP contribution in [0, 0.1) is 5.92 Å². The topological polar surface area (TPSA) is 64.3 Å². The Balaban J connectivity index is 3.81. The molecule has 0 heterocycles. The third-order valence-electron chi connectivity index (χ3n) is 2.35. The third-order valence-corrected chi connectivity index (χ3v) is 2.35. The molecule has 0 fully saturated rings. The largest absolute Gasteiger partial charge is 0.385 e. The minimum atomic E-state index is -0.139. The molecule has 0 radical (unpaired) electrons. The highest BCUT2D eigenvalue weighted by Crippen LogP contribution is 2.01. The van der Waals surface area contributed by atoms with Crippen LogP contribution >= 0.6 is 0 Å². The van der Waals surface area contributed by atoms with Gasteiger partial charge in [0.1, 0.15) is 0 Å². The summed E-state index contributed by atoms with van der Waals surface area (Å²) in [5, 5.41) is 2.90. The van der Waals surface area contributed by atoms with Crippen molar-refractivity contribution in [1.82, 2.24) is 5.32 Å². The van der Waals surface area contributed by atoms with Crippen LogP contribution in [0.3, 0.4) is 0 Å². The first-order chi connectivity index (χ1) is 6.49. The second kappa shape index (κ2) is 6.79. The molecule has 4 nitrogen and oxygen atoms in total. The maximum atomic E-state index is 11.5. The summed E-state index contributed by atoms with van der Waals surface area (Å²) in [5.41, 5.74) is 5.63. The molecule has 14 heavy (non-hydrogen) atoms. The molecule has 84 valence electrons. The summed E-state index contributed by atoms with van der Waals surface area (Å²) in [6.45, 7) is 6.30. The summed E-state index contributed by atoms with van der Waals surface area (Å²) in [5.74, 6) is -0.122. The Kier molecular flexibility index (Phi) is 6.49. The van der Waals surface area contributed by atoms with E-state index in [0.717, 1.165) is 6.42 Å². The van der Waals surface area contributed by atoms with Gasteiger partial charge in [0.05, 0.1) is 0 Å². The van der Waals surface area contributed by atoms with Gasteiger partial charge in [-0.3, -0.25) is 4.79 Å². The fourth-order valence-corrected chi connectivity index (χ4v) is 0.980. The number of carbonyl (C=O) groups excluding carboxylic acids is 1. The smallest absolute Gasteiger partial charge is 0.224 e. The van der Waals surface area contributed by atoms with Crippen molar-refractivity contribution in [3.8, 4) is 0 Å². The van der Waals surface area contributed by atoms with Crippen LogP contribution in [0.1, 0.15) is 27.2 Å². The summed E-state index contributed by atoms with van der Waals surface area (Å²) in [6.07, 6.45) is 0.827. The lowest BCUT2D eigenvalue weighted by Crippen LogP contribution is -2.42.